The summed E-state index contributed by atoms with van der Waals surface area (Å²) in [5, 5.41) is 31.5. The van der Waals surface area contributed by atoms with E-state index in [1.165, 1.54) is 6.07 Å². The number of benzene rings is 4. The molecule has 10 rings (SSSR count). The molecule has 4 unspecified atom stereocenters. The molecule has 6 aliphatic carbocycles. The van der Waals surface area contributed by atoms with Gasteiger partial charge < -0.3 is 14.9 Å². The van der Waals surface area contributed by atoms with Crippen molar-refractivity contribution < 1.29 is 50.2 Å². The Morgan fingerprint density at radius 2 is 1.11 bits per heavy atom. The van der Waals surface area contributed by atoms with Gasteiger partial charge >= 0.3 is 11.9 Å². The fraction of sp³-hybridized carbons (Fsp3) is 0.444. The van der Waals surface area contributed by atoms with Crippen LogP contribution in [0, 0.1) is 34.5 Å². The Hall–Kier alpha value is -4.93. The molecule has 11 nitrogen and oxygen atoms in total. The van der Waals surface area contributed by atoms with Gasteiger partial charge in [0.2, 0.25) is 20.0 Å². The molecule has 0 saturated heterocycles. The maximum atomic E-state index is 17.5. The maximum absolute atomic E-state index is 17.5. The van der Waals surface area contributed by atoms with Crippen LogP contribution in [-0.2, 0) is 48.5 Å². The molecule has 0 bridgehead atoms. The number of allylic oxidation sites excluding steroid dienone is 2. The molecule has 0 heterocycles. The predicted molar refractivity (Wildman–Crippen MR) is 260 cm³/mol. The summed E-state index contributed by atoms with van der Waals surface area (Å²) in [5.41, 5.74) is 0.369. The Bertz CT molecular complexity index is 3170. The second kappa shape index (κ2) is 16.6. The van der Waals surface area contributed by atoms with E-state index in [-0.39, 0.29) is 74.6 Å². The molecule has 0 spiro atoms. The van der Waals surface area contributed by atoms with Gasteiger partial charge in [-0.25, -0.2) is 45.5 Å². The van der Waals surface area contributed by atoms with Gasteiger partial charge in [0.05, 0.1) is 25.9 Å². The third-order valence-corrected chi connectivity index (χ3v) is 20.9. The minimum atomic E-state index is -4.56. The van der Waals surface area contributed by atoms with Crippen molar-refractivity contribution in [1.29, 1.82) is 0 Å². The van der Waals surface area contributed by atoms with E-state index >= 15 is 8.78 Å². The summed E-state index contributed by atoms with van der Waals surface area (Å²) >= 11 is 7.04. The number of esters is 2. The average molecular weight is 1020 g/mol. The lowest BCUT2D eigenvalue weighted by Gasteiger charge is -2.55. The minimum absolute atomic E-state index is 0.0130. The molecule has 4 aromatic rings. The monoisotopic (exact) mass is 1010 g/mol. The van der Waals surface area contributed by atoms with E-state index in [1.54, 1.807) is 24.3 Å². The van der Waals surface area contributed by atoms with Gasteiger partial charge in [0.1, 0.15) is 23.8 Å². The molecule has 6 aliphatic rings. The smallest absolute Gasteiger partial charge is 0.347 e. The number of primary sulfonamides is 2. The summed E-state index contributed by atoms with van der Waals surface area (Å²) in [6.45, 7) is 12.3. The molecule has 4 aromatic carbocycles. The molecule has 6 N–H and O–H groups in total. The summed E-state index contributed by atoms with van der Waals surface area (Å²) < 4.78 is 92.2. The number of phenolic OH excluding ortho intramolecular Hbond substituents is 2. The first kappa shape index (κ1) is 48.7. The van der Waals surface area contributed by atoms with Crippen molar-refractivity contribution in [3.8, 4) is 11.5 Å². The second-order valence-electron chi connectivity index (χ2n) is 21.6. The van der Waals surface area contributed by atoms with Gasteiger partial charge in [-0.15, -0.1) is 13.2 Å². The molecular weight excluding hydrogens is 958 g/mol. The number of carbonyl (C=O) groups is 2. The highest BCUT2D eigenvalue weighted by molar-refractivity contribution is 7.89. The van der Waals surface area contributed by atoms with Crippen molar-refractivity contribution in [3.63, 3.8) is 0 Å². The number of aryl methyl sites for hydroxylation is 2. The Morgan fingerprint density at radius 3 is 1.59 bits per heavy atom. The zero-order valence-electron chi connectivity index (χ0n) is 39.0. The highest BCUT2D eigenvalue weighted by atomic mass is 35.5. The van der Waals surface area contributed by atoms with Gasteiger partial charge in [-0.05, 0) is 176 Å². The average Bonchev–Trinajstić information content (AvgIpc) is 3.74. The Morgan fingerprint density at radius 1 is 0.657 bits per heavy atom. The molecular formula is C54H57ClF2N2O9S2. The predicted octanol–water partition coefficient (Wildman–Crippen LogP) is 9.90. The number of aromatic hydroxyl groups is 2. The number of halogens is 3. The summed E-state index contributed by atoms with van der Waals surface area (Å²) in [6, 6.07) is 16.0. The van der Waals surface area contributed by atoms with E-state index < -0.39 is 88.3 Å². The molecule has 4 saturated carbocycles. The van der Waals surface area contributed by atoms with Gasteiger partial charge in [0.15, 0.2) is 0 Å². The topological polar surface area (TPSA) is 204 Å². The van der Waals surface area contributed by atoms with Crippen molar-refractivity contribution in [2.75, 3.05) is 0 Å². The molecule has 12 atom stereocenters. The quantitative estimate of drug-likeness (QED) is 0.0752. The Kier molecular flexibility index (Phi) is 11.5. The van der Waals surface area contributed by atoms with Crippen LogP contribution in [0.4, 0.5) is 8.78 Å². The van der Waals surface area contributed by atoms with E-state index in [9.17, 15) is 36.6 Å². The zero-order chi connectivity index (χ0) is 50.2. The molecule has 70 heavy (non-hydrogen) atoms. The van der Waals surface area contributed by atoms with Crippen LogP contribution >= 0.6 is 11.6 Å². The van der Waals surface area contributed by atoms with Crippen LogP contribution in [0.15, 0.2) is 102 Å². The lowest BCUT2D eigenvalue weighted by Crippen LogP contribution is -2.51. The van der Waals surface area contributed by atoms with Gasteiger partial charge in [-0.2, -0.15) is 0 Å². The first-order valence-corrected chi connectivity index (χ1v) is 27.4. The SMILES string of the molecule is C=C[C@@]12CC[C@@]3(C)C(C[C@H](c4cc(S(N)(=O)=O)ccc4C(=O)OC(=O)c4cc(S(N)(=O)=O)cc([C@@H]5CC6C7CCc8cc(O)ccc8[C@@]7(C=C)CC[C@]6(C)[C@H]5F)c4Cl)[C@H]3F)C1CCc1cc(O)ccc12. The number of nitrogens with two attached hydrogens (primary N) is 2. The largest absolute Gasteiger partial charge is 0.508 e. The summed E-state index contributed by atoms with van der Waals surface area (Å²) in [5.74, 6) is -5.04. The third kappa shape index (κ3) is 7.17. The van der Waals surface area contributed by atoms with Crippen molar-refractivity contribution in [2.24, 2.45) is 44.8 Å². The van der Waals surface area contributed by atoms with Gasteiger partial charge in [-0.3, -0.25) is 0 Å². The zero-order valence-corrected chi connectivity index (χ0v) is 41.4. The van der Waals surface area contributed by atoms with E-state index in [4.69, 9.17) is 26.6 Å². The fourth-order valence-corrected chi connectivity index (χ4v) is 16.6. The summed E-state index contributed by atoms with van der Waals surface area (Å²) in [4.78, 5) is 27.8. The fourth-order valence-electron chi connectivity index (χ4n) is 15.2. The van der Waals surface area contributed by atoms with Crippen LogP contribution in [-0.4, -0.2) is 51.3 Å². The molecule has 0 amide bonds. The lowest BCUT2D eigenvalue weighted by atomic mass is 9.48. The number of phenols is 2. The number of fused-ring (bicyclic) bond motifs is 10. The lowest BCUT2D eigenvalue weighted by molar-refractivity contribution is -0.00991. The number of rotatable bonds is 8. The van der Waals surface area contributed by atoms with E-state index in [0.717, 1.165) is 46.5 Å². The van der Waals surface area contributed by atoms with Crippen molar-refractivity contribution >= 4 is 43.6 Å². The van der Waals surface area contributed by atoms with E-state index in [1.807, 2.05) is 38.1 Å². The standard InChI is InChI=1S/C54H57ClF2N2O9S2/c1-5-53-19-17-51(3)44(42(53)13-7-28-21-30(60)9-15-40(28)53)26-37(47(51)56)35-23-32(69(58,64)65)11-12-34(35)49(62)68-50(63)39-25-33(70(59,66)67)24-36(46(39)55)38-27-45-43-14-8-29-22-31(61)10-16-41(29)54(43,6-2)20-18-52(45,4)48(38)57/h5-6,9-12,15-16,21-25,37-38,42-45,47-48,60-61H,1-2,7-8,13-14,17-20,26-27H2,3-4H3,(H2,58,64,65)(H2,59,66,67)/t37-,38+,42?,43?,44?,45?,47-,48+,51+,52+,53+,54-/m1/s1. The van der Waals surface area contributed by atoms with Crippen LogP contribution in [0.2, 0.25) is 5.02 Å². The molecule has 0 aliphatic heterocycles. The Balaban J connectivity index is 0.983. The van der Waals surface area contributed by atoms with Crippen molar-refractivity contribution in [1.82, 2.24) is 0 Å². The summed E-state index contributed by atoms with van der Waals surface area (Å²) in [6.07, 6.45) is 5.88. The number of hydrogen-bond donors (Lipinski definition) is 4. The molecule has 0 radical (unpaired) electrons. The molecule has 370 valence electrons. The maximum Gasteiger partial charge on any atom is 0.347 e. The molecule has 0 aromatic heterocycles. The molecule has 4 fully saturated rings. The third-order valence-electron chi connectivity index (χ3n) is 18.7. The van der Waals surface area contributed by atoms with Crippen LogP contribution < -0.4 is 10.3 Å². The second-order valence-corrected chi connectivity index (χ2v) is 25.1. The first-order valence-electron chi connectivity index (χ1n) is 23.9. The highest BCUT2D eigenvalue weighted by Gasteiger charge is 2.65. The number of ether oxygens (including phenoxy) is 1. The van der Waals surface area contributed by atoms with Crippen molar-refractivity contribution in [3.05, 3.63) is 142 Å². The van der Waals surface area contributed by atoms with E-state index in [0.29, 0.717) is 51.4 Å². The number of sulfonamides is 2. The minimum Gasteiger partial charge on any atom is -0.508 e. The van der Waals surface area contributed by atoms with E-state index in [2.05, 4.69) is 13.2 Å². The summed E-state index contributed by atoms with van der Waals surface area (Å²) in [7, 11) is -8.94. The number of alkyl halides is 2. The van der Waals surface area contributed by atoms with Crippen molar-refractivity contribution in [2.45, 2.75) is 123 Å². The van der Waals surface area contributed by atoms with Gasteiger partial charge in [0, 0.05) is 33.5 Å². The van der Waals surface area contributed by atoms with Crippen LogP contribution in [0.5, 0.6) is 11.5 Å². The van der Waals surface area contributed by atoms with Gasteiger partial charge in [-0.1, -0.05) is 49.7 Å². The van der Waals surface area contributed by atoms with Crippen LogP contribution in [0.1, 0.15) is 131 Å². The highest BCUT2D eigenvalue weighted by Crippen LogP contribution is 2.69. The first-order chi connectivity index (χ1) is 32.9. The van der Waals surface area contributed by atoms with Gasteiger partial charge in [0.25, 0.3) is 0 Å². The number of carbonyl (C=O) groups excluding carboxylic acids is 2. The normalized spacial score (nSPS) is 34.2. The molecule has 16 heteroatoms. The number of hydrogen-bond acceptors (Lipinski definition) is 9. The van der Waals surface area contributed by atoms with Crippen LogP contribution in [0.3, 0.4) is 0 Å². The van der Waals surface area contributed by atoms with Crippen LogP contribution in [0.25, 0.3) is 0 Å². The Labute approximate surface area is 412 Å².